The summed E-state index contributed by atoms with van der Waals surface area (Å²) in [4.78, 5) is 10.2. The van der Waals surface area contributed by atoms with Crippen LogP contribution in [-0.2, 0) is 4.79 Å². The second kappa shape index (κ2) is 13.7. The van der Waals surface area contributed by atoms with Crippen LogP contribution in [0.4, 0.5) is 0 Å². The number of carboxylic acid groups (broad SMARTS) is 1. The fraction of sp³-hybridized carbons (Fsp3) is 0.696. The minimum Gasteiger partial charge on any atom is -0.482 e. The van der Waals surface area contributed by atoms with Gasteiger partial charge in [-0.1, -0.05) is 89.7 Å². The summed E-state index contributed by atoms with van der Waals surface area (Å²) in [7, 11) is 0. The van der Waals surface area contributed by atoms with Crippen LogP contribution < -0.4 is 4.74 Å². The van der Waals surface area contributed by atoms with Gasteiger partial charge in [-0.05, 0) is 37.0 Å². The average molecular weight is 363 g/mol. The van der Waals surface area contributed by atoms with Gasteiger partial charge in [0.2, 0.25) is 0 Å². The summed E-state index contributed by atoms with van der Waals surface area (Å²) in [6.45, 7) is 5.87. The van der Waals surface area contributed by atoms with Crippen molar-refractivity contribution in [1.29, 1.82) is 0 Å². The Morgan fingerprint density at radius 2 is 1.73 bits per heavy atom. The zero-order valence-electron chi connectivity index (χ0n) is 17.1. The molecular formula is C23H38O3. The molecule has 1 aliphatic carbocycles. The Bertz CT molecular complexity index is 504. The molecule has 0 unspecified atom stereocenters. The van der Waals surface area contributed by atoms with Crippen molar-refractivity contribution in [3.8, 4) is 5.75 Å². The number of hydrogen-bond donors (Lipinski definition) is 1. The molecule has 0 saturated heterocycles. The molecule has 26 heavy (non-hydrogen) atoms. The summed E-state index contributed by atoms with van der Waals surface area (Å²) in [5.74, 6) is 0.800. The van der Waals surface area contributed by atoms with Gasteiger partial charge >= 0.3 is 5.97 Å². The molecule has 1 N–H and O–H groups in total. The highest BCUT2D eigenvalue weighted by atomic mass is 16.5. The van der Waals surface area contributed by atoms with Crippen LogP contribution >= 0.6 is 0 Å². The zero-order valence-corrected chi connectivity index (χ0v) is 17.1. The molecule has 0 heterocycles. The van der Waals surface area contributed by atoms with Crippen molar-refractivity contribution in [3.05, 3.63) is 29.3 Å². The number of benzene rings is 1. The Hall–Kier alpha value is -1.51. The van der Waals surface area contributed by atoms with Gasteiger partial charge in [0, 0.05) is 0 Å². The third-order valence-electron chi connectivity index (χ3n) is 5.35. The van der Waals surface area contributed by atoms with Crippen molar-refractivity contribution in [1.82, 2.24) is 0 Å². The number of hydrogen-bond acceptors (Lipinski definition) is 2. The standard InChI is InChI=1S/C13H26.C10H12O3/c1-2-3-4-5-6-7-10-13-11-8-9-12-13;1-7-4-3-5-9(8(7)2)13-6-10(11)12/h13H,2-12H2,1H3;3-5H,6H2,1-2H3,(H,11,12). The number of aliphatic carboxylic acids is 1. The summed E-state index contributed by atoms with van der Waals surface area (Å²) in [6, 6.07) is 5.58. The van der Waals surface area contributed by atoms with Crippen LogP contribution in [0.2, 0.25) is 0 Å². The summed E-state index contributed by atoms with van der Waals surface area (Å²) >= 11 is 0. The maximum atomic E-state index is 10.2. The van der Waals surface area contributed by atoms with Crippen LogP contribution in [0, 0.1) is 19.8 Å². The zero-order chi connectivity index (χ0) is 19.2. The lowest BCUT2D eigenvalue weighted by molar-refractivity contribution is -0.139. The molecule has 0 aromatic heterocycles. The molecule has 0 atom stereocenters. The first kappa shape index (κ1) is 22.5. The predicted octanol–water partition coefficient (Wildman–Crippen LogP) is 6.69. The Labute approximate surface area is 160 Å². The minimum absolute atomic E-state index is 0.287. The number of ether oxygens (including phenoxy) is 1. The molecule has 1 aromatic carbocycles. The Morgan fingerprint density at radius 1 is 1.08 bits per heavy atom. The molecule has 3 heteroatoms. The fourth-order valence-corrected chi connectivity index (χ4v) is 3.53. The molecule has 1 aliphatic rings. The van der Waals surface area contributed by atoms with Crippen LogP contribution in [0.1, 0.15) is 88.7 Å². The molecule has 1 aromatic rings. The van der Waals surface area contributed by atoms with E-state index in [0.717, 1.165) is 17.0 Å². The summed E-state index contributed by atoms with van der Waals surface area (Å²) in [5, 5.41) is 8.41. The van der Waals surface area contributed by atoms with Crippen molar-refractivity contribution in [2.45, 2.75) is 91.4 Å². The highest BCUT2D eigenvalue weighted by Crippen LogP contribution is 2.29. The lowest BCUT2D eigenvalue weighted by atomic mass is 9.99. The van der Waals surface area contributed by atoms with Crippen LogP contribution in [0.15, 0.2) is 18.2 Å². The Morgan fingerprint density at radius 3 is 2.38 bits per heavy atom. The molecule has 0 spiro atoms. The Kier molecular flexibility index (Phi) is 11.8. The van der Waals surface area contributed by atoms with Crippen molar-refractivity contribution in [3.63, 3.8) is 0 Å². The van der Waals surface area contributed by atoms with E-state index in [4.69, 9.17) is 9.84 Å². The third kappa shape index (κ3) is 9.84. The van der Waals surface area contributed by atoms with Crippen LogP contribution in [-0.4, -0.2) is 17.7 Å². The molecule has 0 aliphatic heterocycles. The molecule has 1 saturated carbocycles. The molecule has 3 nitrogen and oxygen atoms in total. The van der Waals surface area contributed by atoms with Gasteiger partial charge in [-0.15, -0.1) is 0 Å². The van der Waals surface area contributed by atoms with Crippen LogP contribution in [0.3, 0.4) is 0 Å². The number of rotatable bonds is 10. The summed E-state index contributed by atoms with van der Waals surface area (Å²) < 4.78 is 5.08. The maximum absolute atomic E-state index is 10.2. The number of carbonyl (C=O) groups is 1. The van der Waals surface area contributed by atoms with Crippen LogP contribution in [0.5, 0.6) is 5.75 Å². The molecule has 148 valence electrons. The van der Waals surface area contributed by atoms with Gasteiger partial charge in [0.1, 0.15) is 5.75 Å². The lowest BCUT2D eigenvalue weighted by Crippen LogP contribution is -2.10. The second-order valence-corrected chi connectivity index (χ2v) is 7.59. The quantitative estimate of drug-likeness (QED) is 0.471. The summed E-state index contributed by atoms with van der Waals surface area (Å²) in [6.07, 6.45) is 16.4. The normalized spacial score (nSPS) is 14.0. The molecule has 0 amide bonds. The van der Waals surface area contributed by atoms with Gasteiger partial charge in [-0.3, -0.25) is 0 Å². The number of carboxylic acids is 1. The van der Waals surface area contributed by atoms with Crippen molar-refractivity contribution in [2.75, 3.05) is 6.61 Å². The van der Waals surface area contributed by atoms with E-state index < -0.39 is 5.97 Å². The van der Waals surface area contributed by atoms with E-state index in [-0.39, 0.29) is 6.61 Å². The monoisotopic (exact) mass is 362 g/mol. The highest BCUT2D eigenvalue weighted by Gasteiger charge is 2.13. The molecule has 0 radical (unpaired) electrons. The van der Waals surface area contributed by atoms with Crippen molar-refractivity contribution < 1.29 is 14.6 Å². The number of aryl methyl sites for hydroxylation is 1. The molecule has 0 bridgehead atoms. The van der Waals surface area contributed by atoms with E-state index in [2.05, 4.69) is 6.92 Å². The van der Waals surface area contributed by atoms with E-state index in [1.54, 1.807) is 6.07 Å². The SMILES string of the molecule is CCCCCCCCC1CCCC1.Cc1cccc(OCC(=O)O)c1C. The predicted molar refractivity (Wildman–Crippen MR) is 109 cm³/mol. The average Bonchev–Trinajstić information content (AvgIpc) is 3.13. The van der Waals surface area contributed by atoms with Gasteiger partial charge in [0.15, 0.2) is 6.61 Å². The molecule has 2 rings (SSSR count). The minimum atomic E-state index is -0.957. The largest absolute Gasteiger partial charge is 0.482 e. The van der Waals surface area contributed by atoms with E-state index in [0.29, 0.717) is 5.75 Å². The topological polar surface area (TPSA) is 46.5 Å². The third-order valence-corrected chi connectivity index (χ3v) is 5.35. The van der Waals surface area contributed by atoms with Gasteiger partial charge in [-0.25, -0.2) is 4.79 Å². The van der Waals surface area contributed by atoms with Gasteiger partial charge in [0.25, 0.3) is 0 Å². The van der Waals surface area contributed by atoms with Crippen LogP contribution in [0.25, 0.3) is 0 Å². The Balaban J connectivity index is 0.000000260. The van der Waals surface area contributed by atoms with Gasteiger partial charge in [-0.2, -0.15) is 0 Å². The lowest BCUT2D eigenvalue weighted by Gasteiger charge is -2.08. The first-order valence-corrected chi connectivity index (χ1v) is 10.4. The fourth-order valence-electron chi connectivity index (χ4n) is 3.53. The maximum Gasteiger partial charge on any atom is 0.341 e. The highest BCUT2D eigenvalue weighted by molar-refractivity contribution is 5.68. The molecular weight excluding hydrogens is 324 g/mol. The second-order valence-electron chi connectivity index (χ2n) is 7.59. The first-order chi connectivity index (χ1) is 12.5. The smallest absolute Gasteiger partial charge is 0.341 e. The first-order valence-electron chi connectivity index (χ1n) is 10.4. The summed E-state index contributed by atoms with van der Waals surface area (Å²) in [5.41, 5.74) is 2.09. The van der Waals surface area contributed by atoms with E-state index in [9.17, 15) is 4.79 Å². The van der Waals surface area contributed by atoms with E-state index in [1.165, 1.54) is 70.6 Å². The molecule has 1 fully saturated rings. The van der Waals surface area contributed by atoms with E-state index >= 15 is 0 Å². The van der Waals surface area contributed by atoms with Crippen molar-refractivity contribution in [2.24, 2.45) is 5.92 Å². The van der Waals surface area contributed by atoms with E-state index in [1.807, 2.05) is 26.0 Å². The van der Waals surface area contributed by atoms with Gasteiger partial charge in [0.05, 0.1) is 0 Å². The van der Waals surface area contributed by atoms with Gasteiger partial charge < -0.3 is 9.84 Å². The van der Waals surface area contributed by atoms with Crippen molar-refractivity contribution >= 4 is 5.97 Å². The number of unbranched alkanes of at least 4 members (excludes halogenated alkanes) is 5.